The van der Waals surface area contributed by atoms with E-state index >= 15 is 0 Å². The smallest absolute Gasteiger partial charge is 1.00 e. The summed E-state index contributed by atoms with van der Waals surface area (Å²) in [5, 5.41) is 2.92. The van der Waals surface area contributed by atoms with Crippen molar-refractivity contribution in [1.29, 1.82) is 0 Å². The molecule has 0 heterocycles. The first-order chi connectivity index (χ1) is 6.09. The molecule has 0 aliphatic carbocycles. The van der Waals surface area contributed by atoms with E-state index in [9.17, 15) is 0 Å². The van der Waals surface area contributed by atoms with Crippen LogP contribution in [0.2, 0.25) is 0 Å². The van der Waals surface area contributed by atoms with Crippen LogP contribution in [0.4, 0.5) is 0 Å². The fourth-order valence-corrected chi connectivity index (χ4v) is 3.11. The number of fused-ring (bicyclic) bond motifs is 1. The number of hydrogen-bond donors (Lipinski definition) is 0. The van der Waals surface area contributed by atoms with Crippen LogP contribution in [0.25, 0.3) is 10.8 Å². The zero-order chi connectivity index (χ0) is 9.47. The summed E-state index contributed by atoms with van der Waals surface area (Å²) >= 11 is 0. The van der Waals surface area contributed by atoms with Crippen molar-refractivity contribution in [3.63, 3.8) is 0 Å². The van der Waals surface area contributed by atoms with E-state index < -0.39 is 0 Å². The van der Waals surface area contributed by atoms with Gasteiger partial charge in [-0.25, -0.2) is 0 Å². The number of hydrogen-bond acceptors (Lipinski definition) is 0. The molecule has 0 bridgehead atoms. The summed E-state index contributed by atoms with van der Waals surface area (Å²) < 4.78 is 0.670. The Morgan fingerprint density at radius 2 is 1.56 bits per heavy atom. The van der Waals surface area contributed by atoms with Crippen molar-refractivity contribution in [2.24, 2.45) is 0 Å². The fraction of sp³-hybridized carbons (Fsp3) is 0.100. The second kappa shape index (κ2) is 7.12. The molecule has 2 aromatic carbocycles. The molecule has 0 N–H and O–H groups in total. The largest absolute Gasteiger partial charge is 3.00 e. The molecule has 6 heteroatoms. The minimum atomic E-state index is 0. The maximum atomic E-state index is 2.34. The molecular formula is C10H15Cl2CrSi3. The molecule has 0 aliphatic rings. The molecule has 87 valence electrons. The van der Waals surface area contributed by atoms with Gasteiger partial charge in [-0.3, -0.25) is 0 Å². The zero-order valence-corrected chi connectivity index (χ0v) is 18.4. The number of rotatable bonds is 1. The molecule has 0 aliphatic heterocycles. The SMILES string of the molecule is [Cl-].[Cl-].[Cr+3].[SiH3]C([SiH3])([SiH3])c1c[cH-]c2ccccc12. The molecule has 1 radical (unpaired) electrons. The molecular weight excluding hydrogens is 327 g/mol. The monoisotopic (exact) mass is 341 g/mol. The van der Waals surface area contributed by atoms with Crippen molar-refractivity contribution in [2.45, 2.75) is 4.28 Å². The summed E-state index contributed by atoms with van der Waals surface area (Å²) in [6, 6.07) is 13.4. The molecule has 0 aromatic heterocycles. The van der Waals surface area contributed by atoms with Gasteiger partial charge in [0, 0.05) is 0 Å². The first kappa shape index (κ1) is 18.9. The Labute approximate surface area is 129 Å². The number of benzene rings is 1. The van der Waals surface area contributed by atoms with E-state index in [4.69, 9.17) is 0 Å². The van der Waals surface area contributed by atoms with Gasteiger partial charge < -0.3 is 24.8 Å². The summed E-state index contributed by atoms with van der Waals surface area (Å²) in [7, 11) is 3.97. The minimum absolute atomic E-state index is 0. The predicted molar refractivity (Wildman–Crippen MR) is 71.0 cm³/mol. The van der Waals surface area contributed by atoms with Gasteiger partial charge in [0.15, 0.2) is 0 Å². The summed E-state index contributed by atoms with van der Waals surface area (Å²) in [5.74, 6) is 0. The molecule has 0 spiro atoms. The van der Waals surface area contributed by atoms with Crippen LogP contribution in [0.1, 0.15) is 5.56 Å². The van der Waals surface area contributed by atoms with Crippen molar-refractivity contribution in [2.75, 3.05) is 0 Å². The Bertz CT molecular complexity index is 437. The fourth-order valence-electron chi connectivity index (χ4n) is 1.80. The molecule has 0 saturated heterocycles. The Hall–Kier alpha value is 0.593. The Balaban J connectivity index is 0. The topological polar surface area (TPSA) is 0 Å². The van der Waals surface area contributed by atoms with Crippen LogP contribution in [0, 0.1) is 0 Å². The van der Waals surface area contributed by atoms with E-state index in [2.05, 4.69) is 36.4 Å². The van der Waals surface area contributed by atoms with Gasteiger partial charge >= 0.3 is 17.4 Å². The Morgan fingerprint density at radius 1 is 1.00 bits per heavy atom. The van der Waals surface area contributed by atoms with Gasteiger partial charge in [0.25, 0.3) is 0 Å². The minimum Gasteiger partial charge on any atom is -1.00 e. The number of halogens is 2. The van der Waals surface area contributed by atoms with Crippen LogP contribution >= 0.6 is 0 Å². The molecule has 2 rings (SSSR count). The van der Waals surface area contributed by atoms with E-state index in [0.29, 0.717) is 4.28 Å². The van der Waals surface area contributed by atoms with Gasteiger partial charge in [-0.1, -0.05) is 10.4 Å². The van der Waals surface area contributed by atoms with Gasteiger partial charge in [0.2, 0.25) is 0 Å². The molecule has 2 aromatic rings. The van der Waals surface area contributed by atoms with Crippen molar-refractivity contribution in [3.05, 3.63) is 42.0 Å². The van der Waals surface area contributed by atoms with Crippen molar-refractivity contribution >= 4 is 41.5 Å². The quantitative estimate of drug-likeness (QED) is 0.357. The van der Waals surface area contributed by atoms with Gasteiger partial charge in [0.1, 0.15) is 0 Å². The molecule has 0 nitrogen and oxygen atoms in total. The van der Waals surface area contributed by atoms with Gasteiger partial charge in [-0.05, 0) is 30.7 Å². The first-order valence-corrected chi connectivity index (χ1v) is 7.74. The molecule has 0 atom stereocenters. The summed E-state index contributed by atoms with van der Waals surface area (Å²) in [4.78, 5) is 0. The van der Waals surface area contributed by atoms with Crippen LogP contribution in [0.3, 0.4) is 0 Å². The van der Waals surface area contributed by atoms with Gasteiger partial charge in [0.05, 0.1) is 0 Å². The van der Waals surface area contributed by atoms with Crippen LogP contribution < -0.4 is 24.8 Å². The summed E-state index contributed by atoms with van der Waals surface area (Å²) in [6.07, 6.45) is 0. The van der Waals surface area contributed by atoms with Crippen LogP contribution in [0.15, 0.2) is 36.4 Å². The zero-order valence-electron chi connectivity index (χ0n) is 9.63. The molecule has 0 fully saturated rings. The van der Waals surface area contributed by atoms with E-state index in [1.54, 1.807) is 5.56 Å². The van der Waals surface area contributed by atoms with E-state index in [1.165, 1.54) is 41.5 Å². The van der Waals surface area contributed by atoms with E-state index in [1.807, 2.05) is 0 Å². The van der Waals surface area contributed by atoms with Gasteiger partial charge in [-0.2, -0.15) is 11.6 Å². The normalized spacial score (nSPS) is 13.5. The van der Waals surface area contributed by atoms with Crippen LogP contribution in [-0.4, -0.2) is 30.7 Å². The van der Waals surface area contributed by atoms with Gasteiger partial charge in [-0.15, -0.1) is 35.0 Å². The Kier molecular flexibility index (Phi) is 8.43. The van der Waals surface area contributed by atoms with Crippen molar-refractivity contribution in [1.82, 2.24) is 0 Å². The molecule has 0 unspecified atom stereocenters. The van der Waals surface area contributed by atoms with E-state index in [0.717, 1.165) is 0 Å². The maximum absolute atomic E-state index is 2.34. The molecule has 0 saturated carbocycles. The third kappa shape index (κ3) is 3.81. The first-order valence-electron chi connectivity index (χ1n) is 4.74. The maximum Gasteiger partial charge on any atom is 3.00 e. The van der Waals surface area contributed by atoms with Crippen LogP contribution in [-0.2, 0) is 21.6 Å². The average Bonchev–Trinajstić information content (AvgIpc) is 2.45. The molecule has 0 amide bonds. The summed E-state index contributed by atoms with van der Waals surface area (Å²) in [5.41, 5.74) is 1.63. The van der Waals surface area contributed by atoms with E-state index in [-0.39, 0.29) is 42.2 Å². The predicted octanol–water partition coefficient (Wildman–Crippen LogP) is -7.23. The van der Waals surface area contributed by atoms with Crippen molar-refractivity contribution in [3.8, 4) is 0 Å². The third-order valence-corrected chi connectivity index (χ3v) is 4.10. The average molecular weight is 342 g/mol. The second-order valence-electron chi connectivity index (χ2n) is 4.58. The van der Waals surface area contributed by atoms with Crippen molar-refractivity contribution < 1.29 is 42.2 Å². The summed E-state index contributed by atoms with van der Waals surface area (Å²) in [6.45, 7) is 0. The second-order valence-corrected chi connectivity index (χ2v) is 18.1. The van der Waals surface area contributed by atoms with Crippen LogP contribution in [0.5, 0.6) is 0 Å². The molecule has 16 heavy (non-hydrogen) atoms. The standard InChI is InChI=1S/C10H15Si3.2ClH.Cr/c11-10(12,13)9-6-5-7-3-1-2-4-8(7)9;;;/h1-6H,11-13H3;2*1H;/q-1;;;+3/p-2. The Morgan fingerprint density at radius 3 is 2.12 bits per heavy atom. The third-order valence-electron chi connectivity index (χ3n) is 2.49.